The molecule has 1 aliphatic heterocycles. The number of fused-ring (bicyclic) bond motifs is 1. The lowest BCUT2D eigenvalue weighted by Crippen LogP contribution is -2.43. The number of aryl methyl sites for hydroxylation is 2. The molecule has 2 aromatic heterocycles. The Labute approximate surface area is 238 Å². The van der Waals surface area contributed by atoms with Crippen LogP contribution in [0.1, 0.15) is 66.6 Å². The van der Waals surface area contributed by atoms with Crippen molar-refractivity contribution < 1.29 is 9.90 Å². The highest BCUT2D eigenvalue weighted by atomic mass is 16.3. The number of pyridine rings is 1. The highest BCUT2D eigenvalue weighted by molar-refractivity contribution is 5.92. The molecule has 0 saturated carbocycles. The van der Waals surface area contributed by atoms with Crippen LogP contribution in [0.5, 0.6) is 0 Å². The lowest BCUT2D eigenvalue weighted by molar-refractivity contribution is -0.133. The summed E-state index contributed by atoms with van der Waals surface area (Å²) in [6.07, 6.45) is 2.07. The number of hydrogen-bond donors (Lipinski definition) is 2. The van der Waals surface area contributed by atoms with Crippen molar-refractivity contribution in [3.05, 3.63) is 88.7 Å². The van der Waals surface area contributed by atoms with E-state index < -0.39 is 0 Å². The molecule has 0 atom stereocenters. The molecule has 210 valence electrons. The Morgan fingerprint density at radius 2 is 1.75 bits per heavy atom. The van der Waals surface area contributed by atoms with Gasteiger partial charge in [0, 0.05) is 40.9 Å². The number of aromatic amines is 1. The zero-order valence-corrected chi connectivity index (χ0v) is 24.3. The second-order valence-electron chi connectivity index (χ2n) is 11.6. The maximum absolute atomic E-state index is 13.1. The molecular weight excluding hydrogens is 496 g/mol. The third-order valence-corrected chi connectivity index (χ3v) is 8.17. The van der Waals surface area contributed by atoms with Gasteiger partial charge in [0.25, 0.3) is 0 Å². The maximum Gasteiger partial charge on any atom is 0.237 e. The van der Waals surface area contributed by atoms with Crippen molar-refractivity contribution >= 4 is 16.8 Å². The summed E-state index contributed by atoms with van der Waals surface area (Å²) in [5, 5.41) is 10.8. The summed E-state index contributed by atoms with van der Waals surface area (Å²) in [5.41, 5.74) is 9.49. The second-order valence-corrected chi connectivity index (χ2v) is 11.6. The van der Waals surface area contributed by atoms with Gasteiger partial charge >= 0.3 is 0 Å². The number of aliphatic hydroxyl groups excluding tert-OH is 1. The summed E-state index contributed by atoms with van der Waals surface area (Å²) in [4.78, 5) is 25.5. The Morgan fingerprint density at radius 1 is 1.05 bits per heavy atom. The monoisotopic (exact) mass is 538 g/mol. The molecule has 4 aromatic rings. The van der Waals surface area contributed by atoms with E-state index in [2.05, 4.69) is 72.9 Å². The minimum atomic E-state index is -0.0251. The van der Waals surface area contributed by atoms with Gasteiger partial charge in [-0.3, -0.25) is 14.7 Å². The van der Waals surface area contributed by atoms with Crippen LogP contribution in [0.3, 0.4) is 0 Å². The molecule has 0 spiro atoms. The van der Waals surface area contributed by atoms with E-state index in [0.717, 1.165) is 42.9 Å². The molecule has 6 heteroatoms. The van der Waals surface area contributed by atoms with Gasteiger partial charge < -0.3 is 15.0 Å². The largest absolute Gasteiger partial charge is 0.395 e. The molecule has 0 radical (unpaired) electrons. The molecular formula is C34H42N4O2. The highest BCUT2D eigenvalue weighted by Crippen LogP contribution is 2.38. The summed E-state index contributed by atoms with van der Waals surface area (Å²) < 4.78 is 0. The van der Waals surface area contributed by atoms with E-state index in [1.165, 1.54) is 33.3 Å². The van der Waals surface area contributed by atoms with Crippen molar-refractivity contribution in [1.82, 2.24) is 19.8 Å². The summed E-state index contributed by atoms with van der Waals surface area (Å²) >= 11 is 0. The molecule has 2 N–H and O–H groups in total. The molecule has 1 saturated heterocycles. The number of likely N-dealkylation sites (tertiary alicyclic amines) is 1. The first-order chi connectivity index (χ1) is 19.3. The van der Waals surface area contributed by atoms with Crippen LogP contribution >= 0.6 is 0 Å². The third kappa shape index (κ3) is 6.29. The van der Waals surface area contributed by atoms with Crippen LogP contribution < -0.4 is 0 Å². The van der Waals surface area contributed by atoms with Crippen LogP contribution in [0.2, 0.25) is 0 Å². The van der Waals surface area contributed by atoms with Crippen LogP contribution in [0.15, 0.2) is 60.7 Å². The van der Waals surface area contributed by atoms with Crippen molar-refractivity contribution in [2.45, 2.75) is 58.9 Å². The van der Waals surface area contributed by atoms with Crippen molar-refractivity contribution in [3.63, 3.8) is 0 Å². The average Bonchev–Trinajstić information content (AvgIpc) is 3.33. The molecule has 1 fully saturated rings. The Kier molecular flexibility index (Phi) is 8.67. The Balaban J connectivity index is 1.28. The number of piperidine rings is 1. The van der Waals surface area contributed by atoms with Gasteiger partial charge in [-0.25, -0.2) is 0 Å². The number of benzene rings is 2. The van der Waals surface area contributed by atoms with Crippen LogP contribution in [0.4, 0.5) is 0 Å². The maximum atomic E-state index is 13.1. The van der Waals surface area contributed by atoms with Crippen LogP contribution in [0.25, 0.3) is 22.2 Å². The molecule has 2 aromatic carbocycles. The smallest absolute Gasteiger partial charge is 0.237 e. The second kappa shape index (κ2) is 12.4. The number of carbonyl (C=O) groups excluding carboxylic acids is 1. The van der Waals surface area contributed by atoms with Gasteiger partial charge in [0.05, 0.1) is 18.8 Å². The van der Waals surface area contributed by atoms with E-state index in [0.29, 0.717) is 31.5 Å². The number of hydrogen-bond acceptors (Lipinski definition) is 4. The highest BCUT2D eigenvalue weighted by Gasteiger charge is 2.25. The zero-order valence-electron chi connectivity index (χ0n) is 24.3. The van der Waals surface area contributed by atoms with E-state index in [1.807, 2.05) is 30.3 Å². The molecule has 3 heterocycles. The molecule has 6 nitrogen and oxygen atoms in total. The van der Waals surface area contributed by atoms with Gasteiger partial charge in [-0.2, -0.15) is 0 Å². The van der Waals surface area contributed by atoms with E-state index in [9.17, 15) is 9.90 Å². The first kappa shape index (κ1) is 28.1. The predicted octanol–water partition coefficient (Wildman–Crippen LogP) is 6.17. The van der Waals surface area contributed by atoms with Gasteiger partial charge in [0.2, 0.25) is 5.91 Å². The fourth-order valence-corrected chi connectivity index (χ4v) is 6.22. The Hall–Kier alpha value is -3.48. The van der Waals surface area contributed by atoms with Crippen molar-refractivity contribution in [2.24, 2.45) is 0 Å². The minimum absolute atomic E-state index is 0.0251. The van der Waals surface area contributed by atoms with Crippen LogP contribution in [0, 0.1) is 13.8 Å². The molecule has 40 heavy (non-hydrogen) atoms. The summed E-state index contributed by atoms with van der Waals surface area (Å²) in [6.45, 7) is 11.7. The van der Waals surface area contributed by atoms with Gasteiger partial charge in [0.15, 0.2) is 0 Å². The molecule has 0 bridgehead atoms. The minimum Gasteiger partial charge on any atom is -0.395 e. The van der Waals surface area contributed by atoms with Crippen LogP contribution in [-0.2, 0) is 11.3 Å². The van der Waals surface area contributed by atoms with Crippen molar-refractivity contribution in [1.29, 1.82) is 0 Å². The zero-order chi connectivity index (χ0) is 28.2. The number of nitrogens with zero attached hydrogens (tertiary/aromatic N) is 3. The normalized spacial score (nSPS) is 14.8. The quantitative estimate of drug-likeness (QED) is 0.267. The van der Waals surface area contributed by atoms with E-state index in [-0.39, 0.29) is 12.5 Å². The number of H-pyrrole nitrogens is 1. The van der Waals surface area contributed by atoms with E-state index >= 15 is 0 Å². The Bertz CT molecular complexity index is 1430. The lowest BCUT2D eigenvalue weighted by Gasteiger charge is -2.33. The van der Waals surface area contributed by atoms with Crippen molar-refractivity contribution in [2.75, 3.05) is 32.8 Å². The number of amides is 1. The third-order valence-electron chi connectivity index (χ3n) is 8.17. The number of carbonyl (C=O) groups is 1. The van der Waals surface area contributed by atoms with E-state index in [1.54, 1.807) is 4.90 Å². The number of aromatic nitrogens is 2. The summed E-state index contributed by atoms with van der Waals surface area (Å²) in [7, 11) is 0. The molecule has 1 amide bonds. The molecule has 0 aliphatic carbocycles. The topological polar surface area (TPSA) is 72.5 Å². The summed E-state index contributed by atoms with van der Waals surface area (Å²) in [5.74, 6) is 0.955. The number of rotatable bonds is 9. The first-order valence-corrected chi connectivity index (χ1v) is 14.6. The van der Waals surface area contributed by atoms with Crippen LogP contribution in [-0.4, -0.2) is 63.6 Å². The summed E-state index contributed by atoms with van der Waals surface area (Å²) in [6, 6.07) is 21.3. The Morgan fingerprint density at radius 3 is 2.40 bits per heavy atom. The fraction of sp³-hybridized carbons (Fsp3) is 0.412. The first-order valence-electron chi connectivity index (χ1n) is 14.6. The molecule has 0 unspecified atom stereocenters. The van der Waals surface area contributed by atoms with Crippen molar-refractivity contribution in [3.8, 4) is 11.3 Å². The van der Waals surface area contributed by atoms with Gasteiger partial charge in [-0.15, -0.1) is 0 Å². The predicted molar refractivity (Wildman–Crippen MR) is 162 cm³/mol. The molecule has 1 aliphatic rings. The number of nitrogens with one attached hydrogen (secondary N) is 1. The number of aliphatic hydroxyl groups is 1. The average molecular weight is 539 g/mol. The fourth-order valence-electron chi connectivity index (χ4n) is 6.22. The SMILES string of the molecule is Cc1cc(-c2[nH]c3ccc(C4CCN(CC(=O)N(CCO)Cc5ccccc5)CC4)cc3c2C(C)C)cc(C)n1. The van der Waals surface area contributed by atoms with Gasteiger partial charge in [-0.05, 0) is 92.6 Å². The van der Waals surface area contributed by atoms with Gasteiger partial charge in [-0.1, -0.05) is 50.2 Å². The molecule has 5 rings (SSSR count). The van der Waals surface area contributed by atoms with Gasteiger partial charge in [0.1, 0.15) is 0 Å². The lowest BCUT2D eigenvalue weighted by atomic mass is 9.87. The standard InChI is InChI=1S/C34H42N4O2/c1-23(2)33-30-20-28(10-11-31(30)36-34(33)29-18-24(3)35-25(4)19-29)27-12-14-37(15-13-27)22-32(40)38(16-17-39)21-26-8-6-5-7-9-26/h5-11,18-20,23,27,36,39H,12-17,21-22H2,1-4H3. The van der Waals surface area contributed by atoms with E-state index in [4.69, 9.17) is 0 Å².